The molecular weight excluding hydrogens is 291 g/mol. The van der Waals surface area contributed by atoms with E-state index in [-0.39, 0.29) is 6.10 Å². The number of nitrogens with one attached hydrogen (secondary N) is 1. The quantitative estimate of drug-likeness (QED) is 0.616. The number of anilines is 1. The van der Waals surface area contributed by atoms with E-state index in [0.29, 0.717) is 5.75 Å². The first-order chi connectivity index (χ1) is 9.79. The summed E-state index contributed by atoms with van der Waals surface area (Å²) in [5.74, 6) is 0.0380. The van der Waals surface area contributed by atoms with Crippen LogP contribution < -0.4 is 14.5 Å². The van der Waals surface area contributed by atoms with Gasteiger partial charge in [0.25, 0.3) is 0 Å². The molecule has 2 atom stereocenters. The van der Waals surface area contributed by atoms with E-state index in [4.69, 9.17) is 9.26 Å². The number of nitrogens with zero attached hydrogens (tertiary/aromatic N) is 1. The van der Waals surface area contributed by atoms with Crippen LogP contribution in [-0.2, 0) is 14.1 Å². The van der Waals surface area contributed by atoms with Gasteiger partial charge in [0.2, 0.25) is 0 Å². The van der Waals surface area contributed by atoms with Crippen LogP contribution in [0.1, 0.15) is 20.8 Å². The molecule has 0 aromatic heterocycles. The maximum Gasteiger partial charge on any atom is 0.323 e. The van der Waals surface area contributed by atoms with E-state index >= 15 is 0 Å². The first-order valence-electron chi connectivity index (χ1n) is 6.76. The molecule has 1 rings (SSSR count). The van der Waals surface area contributed by atoms with Crippen molar-refractivity contribution >= 4 is 19.8 Å². The van der Waals surface area contributed by atoms with Gasteiger partial charge < -0.3 is 14.2 Å². The molecule has 1 aromatic rings. The maximum absolute atomic E-state index is 11.9. The predicted molar refractivity (Wildman–Crippen MR) is 84.2 cm³/mol. The van der Waals surface area contributed by atoms with Crippen molar-refractivity contribution in [1.82, 2.24) is 5.09 Å². The summed E-state index contributed by atoms with van der Waals surface area (Å²) in [5.41, 5.74) is 0.939. The molecule has 0 aliphatic rings. The normalized spacial score (nSPS) is 13.6. The first kappa shape index (κ1) is 17.5. The Labute approximate surface area is 126 Å². The van der Waals surface area contributed by atoms with Gasteiger partial charge in [0.15, 0.2) is 0 Å². The predicted octanol–water partition coefficient (Wildman–Crippen LogP) is 2.45. The van der Waals surface area contributed by atoms with E-state index in [1.165, 1.54) is 0 Å². The third kappa shape index (κ3) is 6.19. The van der Waals surface area contributed by atoms with E-state index in [1.54, 1.807) is 32.9 Å². The van der Waals surface area contributed by atoms with Crippen LogP contribution in [0.2, 0.25) is 0 Å². The van der Waals surface area contributed by atoms with Gasteiger partial charge in [-0.1, -0.05) is 6.07 Å². The lowest BCUT2D eigenvalue weighted by atomic mass is 10.3. The SMILES string of the molecule is CC(C)OC(=O)[C@H](C)N[PH](=O)Oc1cccc(N(C)C)c1. The lowest BCUT2D eigenvalue weighted by molar-refractivity contribution is -0.148. The van der Waals surface area contributed by atoms with E-state index in [0.717, 1.165) is 5.69 Å². The van der Waals surface area contributed by atoms with Crippen molar-refractivity contribution in [2.75, 3.05) is 19.0 Å². The lowest BCUT2D eigenvalue weighted by Crippen LogP contribution is -2.33. The topological polar surface area (TPSA) is 67.9 Å². The van der Waals surface area contributed by atoms with Crippen LogP contribution in [0.4, 0.5) is 5.69 Å². The zero-order chi connectivity index (χ0) is 16.0. The smallest absolute Gasteiger partial charge is 0.323 e. The molecule has 0 fully saturated rings. The highest BCUT2D eigenvalue weighted by atomic mass is 31.1. The standard InChI is InChI=1S/C14H23N2O4P/c1-10(2)19-14(17)11(3)15-21(18)20-13-8-6-7-12(9-13)16(4)5/h6-11,21H,1-5H3,(H,15,18)/t11-/m0/s1. The Balaban J connectivity index is 2.57. The molecule has 0 spiro atoms. The largest absolute Gasteiger partial charge is 0.462 e. The van der Waals surface area contributed by atoms with Crippen molar-refractivity contribution in [3.05, 3.63) is 24.3 Å². The number of hydrogen-bond donors (Lipinski definition) is 1. The van der Waals surface area contributed by atoms with E-state index in [2.05, 4.69) is 5.09 Å². The molecule has 0 saturated carbocycles. The van der Waals surface area contributed by atoms with E-state index in [1.807, 2.05) is 31.1 Å². The molecule has 0 aliphatic carbocycles. The van der Waals surface area contributed by atoms with Gasteiger partial charge in [-0.2, -0.15) is 0 Å². The maximum atomic E-state index is 11.9. The monoisotopic (exact) mass is 314 g/mol. The Morgan fingerprint density at radius 1 is 1.29 bits per heavy atom. The summed E-state index contributed by atoms with van der Waals surface area (Å²) in [6, 6.07) is 6.54. The molecule has 118 valence electrons. The van der Waals surface area contributed by atoms with Crippen LogP contribution in [0.3, 0.4) is 0 Å². The summed E-state index contributed by atoms with van der Waals surface area (Å²) in [5, 5.41) is 2.62. The second-order valence-electron chi connectivity index (χ2n) is 5.13. The summed E-state index contributed by atoms with van der Waals surface area (Å²) in [4.78, 5) is 13.5. The van der Waals surface area contributed by atoms with Crippen molar-refractivity contribution in [3.63, 3.8) is 0 Å². The molecule has 21 heavy (non-hydrogen) atoms. The molecule has 1 unspecified atom stereocenters. The molecular formula is C14H23N2O4P. The lowest BCUT2D eigenvalue weighted by Gasteiger charge is -2.16. The van der Waals surface area contributed by atoms with Crippen molar-refractivity contribution < 1.29 is 18.6 Å². The van der Waals surface area contributed by atoms with E-state index in [9.17, 15) is 9.36 Å². The molecule has 0 saturated heterocycles. The number of ether oxygens (including phenoxy) is 1. The highest BCUT2D eigenvalue weighted by Crippen LogP contribution is 2.27. The Hall–Kier alpha value is -1.52. The Morgan fingerprint density at radius 2 is 1.95 bits per heavy atom. The third-order valence-corrected chi connectivity index (χ3v) is 3.67. The minimum atomic E-state index is -2.58. The van der Waals surface area contributed by atoms with Crippen LogP contribution in [0.15, 0.2) is 24.3 Å². The fourth-order valence-electron chi connectivity index (χ4n) is 1.53. The van der Waals surface area contributed by atoms with Crippen molar-refractivity contribution in [1.29, 1.82) is 0 Å². The molecule has 0 aliphatic heterocycles. The molecule has 1 N–H and O–H groups in total. The average Bonchev–Trinajstić information content (AvgIpc) is 2.37. The summed E-state index contributed by atoms with van der Waals surface area (Å²) in [6.45, 7) is 5.11. The van der Waals surface area contributed by atoms with Crippen molar-refractivity contribution in [2.24, 2.45) is 0 Å². The fraction of sp³-hybridized carbons (Fsp3) is 0.500. The summed E-state index contributed by atoms with van der Waals surface area (Å²) in [6.07, 6.45) is -0.207. The molecule has 0 heterocycles. The van der Waals surface area contributed by atoms with E-state index < -0.39 is 20.2 Å². The van der Waals surface area contributed by atoms with Crippen LogP contribution in [0, 0.1) is 0 Å². The zero-order valence-corrected chi connectivity index (χ0v) is 14.0. The second-order valence-corrected chi connectivity index (χ2v) is 6.20. The molecule has 1 aromatic carbocycles. The van der Waals surface area contributed by atoms with Crippen molar-refractivity contribution in [3.8, 4) is 5.75 Å². The van der Waals surface area contributed by atoms with Gasteiger partial charge in [-0.3, -0.25) is 9.36 Å². The summed E-state index contributed by atoms with van der Waals surface area (Å²) >= 11 is 0. The molecule has 0 amide bonds. The van der Waals surface area contributed by atoms with Crippen molar-refractivity contribution in [2.45, 2.75) is 32.9 Å². The van der Waals surface area contributed by atoms with Gasteiger partial charge in [0.1, 0.15) is 11.8 Å². The Kier molecular flexibility index (Phi) is 6.72. The third-order valence-electron chi connectivity index (χ3n) is 2.58. The molecule has 7 heteroatoms. The summed E-state index contributed by atoms with van der Waals surface area (Å²) < 4.78 is 22.3. The van der Waals surface area contributed by atoms with Crippen LogP contribution in [0.25, 0.3) is 0 Å². The van der Waals surface area contributed by atoms with Crippen LogP contribution >= 0.6 is 8.18 Å². The second kappa shape index (κ2) is 8.05. The average molecular weight is 314 g/mol. The fourth-order valence-corrected chi connectivity index (χ4v) is 2.40. The zero-order valence-electron chi connectivity index (χ0n) is 13.0. The molecule has 6 nitrogen and oxygen atoms in total. The number of hydrogen-bond acceptors (Lipinski definition) is 5. The highest BCUT2D eigenvalue weighted by Gasteiger charge is 2.18. The summed E-state index contributed by atoms with van der Waals surface area (Å²) in [7, 11) is 1.23. The van der Waals surface area contributed by atoms with Crippen LogP contribution in [-0.4, -0.2) is 32.2 Å². The van der Waals surface area contributed by atoms with Gasteiger partial charge in [-0.15, -0.1) is 0 Å². The van der Waals surface area contributed by atoms with Gasteiger partial charge in [0, 0.05) is 25.8 Å². The minimum absolute atomic E-state index is 0.207. The van der Waals surface area contributed by atoms with Crippen LogP contribution in [0.5, 0.6) is 5.75 Å². The van der Waals surface area contributed by atoms with Gasteiger partial charge >= 0.3 is 14.1 Å². The Bertz CT molecular complexity index is 506. The highest BCUT2D eigenvalue weighted by molar-refractivity contribution is 7.37. The number of benzene rings is 1. The Morgan fingerprint density at radius 3 is 2.52 bits per heavy atom. The number of esters is 1. The molecule has 0 radical (unpaired) electrons. The molecule has 0 bridgehead atoms. The first-order valence-corrected chi connectivity index (χ1v) is 8.07. The number of carbonyl (C=O) groups excluding carboxylic acids is 1. The van der Waals surface area contributed by atoms with Gasteiger partial charge in [-0.25, -0.2) is 5.09 Å². The minimum Gasteiger partial charge on any atom is -0.462 e. The van der Waals surface area contributed by atoms with Gasteiger partial charge in [0.05, 0.1) is 6.10 Å². The van der Waals surface area contributed by atoms with Gasteiger partial charge in [-0.05, 0) is 32.9 Å². The number of carbonyl (C=O) groups is 1. The number of rotatable bonds is 7.